The zero-order valence-electron chi connectivity index (χ0n) is 19.1. The summed E-state index contributed by atoms with van der Waals surface area (Å²) in [4.78, 5) is 35.8. The lowest BCUT2D eigenvalue weighted by Gasteiger charge is -2.20. The van der Waals surface area contributed by atoms with Crippen LogP contribution >= 0.6 is 15.9 Å². The number of rotatable bonds is 0. The van der Waals surface area contributed by atoms with Crippen LogP contribution in [0.3, 0.4) is 0 Å². The Bertz CT molecular complexity index is 1590. The molecule has 0 unspecified atom stereocenters. The van der Waals surface area contributed by atoms with E-state index in [0.29, 0.717) is 36.7 Å². The molecule has 0 radical (unpaired) electrons. The van der Waals surface area contributed by atoms with Crippen LogP contribution in [0, 0.1) is 6.57 Å². The highest BCUT2D eigenvalue weighted by molar-refractivity contribution is 9.10. The van der Waals surface area contributed by atoms with E-state index in [0.717, 1.165) is 32.2 Å². The Hall–Kier alpha value is -4.16. The minimum absolute atomic E-state index is 0.106. The van der Waals surface area contributed by atoms with Crippen molar-refractivity contribution in [2.24, 2.45) is 0 Å². The number of nitrogens with one attached hydrogen (secondary N) is 1. The third kappa shape index (κ3) is 3.99. The van der Waals surface area contributed by atoms with E-state index in [1.807, 2.05) is 47.0 Å². The number of amides is 2. The molecule has 2 aliphatic heterocycles. The smallest absolute Gasteiger partial charge is 0.249 e. The number of aromatic nitrogens is 2. The third-order valence-electron chi connectivity index (χ3n) is 6.57. The summed E-state index contributed by atoms with van der Waals surface area (Å²) in [7, 11) is 0. The molecule has 0 spiro atoms. The summed E-state index contributed by atoms with van der Waals surface area (Å²) in [6, 6.07) is 14.4. The normalized spacial score (nSPS) is 17.3. The zero-order valence-corrected chi connectivity index (χ0v) is 20.7. The predicted octanol–water partition coefficient (Wildman–Crippen LogP) is 4.97. The van der Waals surface area contributed by atoms with Gasteiger partial charge in [-0.25, -0.2) is 9.83 Å². The van der Waals surface area contributed by atoms with E-state index in [2.05, 4.69) is 31.1 Å². The van der Waals surface area contributed by atoms with Gasteiger partial charge in [-0.2, -0.15) is 0 Å². The van der Waals surface area contributed by atoms with Crippen LogP contribution in [0.5, 0.6) is 11.5 Å². The first kappa shape index (κ1) is 22.3. The molecule has 0 saturated carbocycles. The monoisotopic (exact) mass is 541 g/mol. The number of benzene rings is 3. The van der Waals surface area contributed by atoms with Crippen LogP contribution in [0.2, 0.25) is 0 Å². The van der Waals surface area contributed by atoms with Crippen molar-refractivity contribution >= 4 is 49.9 Å². The van der Waals surface area contributed by atoms with Crippen molar-refractivity contribution in [3.05, 3.63) is 88.2 Å². The molecular weight excluding hydrogens is 522 g/mol. The number of carbonyl (C=O) groups is 2. The minimum atomic E-state index is -0.589. The molecule has 0 aliphatic carbocycles. The molecule has 1 aromatic heterocycles. The summed E-state index contributed by atoms with van der Waals surface area (Å²) in [5.74, 6) is 0.641. The standard InChI is InChI=1S/C27H20BrN5O3/c1-29-22-5-2-16-8-25(22)36-20-4-3-17-9-18(28)10-24(21(17)12-20)33-7-6-23(27(33)35)31-26(34)11-19-13-30-15-32(19)14-16/h2-5,8-10,12-13,15,23H,6-7,11,14H2,(H,31,34)/t23-/m0/s1. The highest BCUT2D eigenvalue weighted by Gasteiger charge is 2.34. The molecule has 3 aromatic carbocycles. The molecule has 4 aromatic rings. The summed E-state index contributed by atoms with van der Waals surface area (Å²) in [6.07, 6.45) is 3.96. The van der Waals surface area contributed by atoms with Crippen LogP contribution in [0.1, 0.15) is 17.7 Å². The Morgan fingerprint density at radius 3 is 2.89 bits per heavy atom. The van der Waals surface area contributed by atoms with Gasteiger partial charge in [0.2, 0.25) is 17.5 Å². The molecule has 6 bridgehead atoms. The van der Waals surface area contributed by atoms with E-state index in [-0.39, 0.29) is 18.2 Å². The van der Waals surface area contributed by atoms with Gasteiger partial charge in [-0.15, -0.1) is 0 Å². The molecule has 9 heteroatoms. The van der Waals surface area contributed by atoms with E-state index in [1.165, 1.54) is 0 Å². The second-order valence-corrected chi connectivity index (χ2v) is 9.83. The van der Waals surface area contributed by atoms with E-state index in [4.69, 9.17) is 11.3 Å². The largest absolute Gasteiger partial charge is 0.468 e. The van der Waals surface area contributed by atoms with Crippen LogP contribution < -0.4 is 15.0 Å². The Balaban J connectivity index is 1.51. The van der Waals surface area contributed by atoms with Crippen LogP contribution in [0.4, 0.5) is 11.4 Å². The third-order valence-corrected chi connectivity index (χ3v) is 7.02. The molecule has 178 valence electrons. The van der Waals surface area contributed by atoms with Gasteiger partial charge in [0.15, 0.2) is 0 Å². The number of anilines is 1. The second-order valence-electron chi connectivity index (χ2n) is 8.91. The van der Waals surface area contributed by atoms with Gasteiger partial charge in [0.1, 0.15) is 17.5 Å². The van der Waals surface area contributed by atoms with E-state index < -0.39 is 6.04 Å². The lowest BCUT2D eigenvalue weighted by molar-refractivity contribution is -0.126. The maximum atomic E-state index is 13.4. The Kier molecular flexibility index (Phi) is 5.46. The maximum absolute atomic E-state index is 13.4. The van der Waals surface area contributed by atoms with Gasteiger partial charge in [0.05, 0.1) is 25.0 Å². The Morgan fingerprint density at radius 1 is 1.14 bits per heavy atom. The number of ether oxygens (including phenoxy) is 1. The quantitative estimate of drug-likeness (QED) is 0.319. The molecule has 2 aliphatic rings. The summed E-state index contributed by atoms with van der Waals surface area (Å²) in [5.41, 5.74) is 2.78. The van der Waals surface area contributed by atoms with Crippen molar-refractivity contribution in [3.63, 3.8) is 0 Å². The van der Waals surface area contributed by atoms with Crippen LogP contribution in [0.15, 0.2) is 65.5 Å². The summed E-state index contributed by atoms with van der Waals surface area (Å²) in [6.45, 7) is 8.54. The number of halogens is 1. The first-order valence-corrected chi connectivity index (χ1v) is 12.3. The van der Waals surface area contributed by atoms with Crippen LogP contribution in [0.25, 0.3) is 15.6 Å². The lowest BCUT2D eigenvalue weighted by atomic mass is 10.1. The number of hydrogen-bond acceptors (Lipinski definition) is 4. The molecule has 1 N–H and O–H groups in total. The fourth-order valence-corrected chi connectivity index (χ4v) is 5.29. The van der Waals surface area contributed by atoms with Crippen molar-refractivity contribution < 1.29 is 14.3 Å². The SMILES string of the molecule is [C-]#[N+]c1ccc2cc1Oc1ccc3cc(Br)cc(c3c1)N1CC[C@H](NC(=O)Cc3cncn3C2)C1=O. The van der Waals surface area contributed by atoms with Crippen LogP contribution in [-0.2, 0) is 22.6 Å². The zero-order chi connectivity index (χ0) is 24.8. The number of carbonyl (C=O) groups excluding carboxylic acids is 2. The number of nitrogens with zero attached hydrogens (tertiary/aromatic N) is 4. The molecule has 2 amide bonds. The van der Waals surface area contributed by atoms with Gasteiger partial charge >= 0.3 is 0 Å². The van der Waals surface area contributed by atoms with Crippen molar-refractivity contribution in [1.82, 2.24) is 14.9 Å². The van der Waals surface area contributed by atoms with E-state index >= 15 is 0 Å². The molecule has 1 saturated heterocycles. The average molecular weight is 542 g/mol. The van der Waals surface area contributed by atoms with Gasteiger partial charge in [-0.05, 0) is 47.7 Å². The first-order valence-electron chi connectivity index (χ1n) is 11.5. The molecule has 1 fully saturated rings. The molecule has 36 heavy (non-hydrogen) atoms. The highest BCUT2D eigenvalue weighted by atomic mass is 79.9. The number of fused-ring (bicyclic) bond motifs is 7. The highest BCUT2D eigenvalue weighted by Crippen LogP contribution is 2.38. The second kappa shape index (κ2) is 8.81. The van der Waals surface area contributed by atoms with Gasteiger partial charge in [0, 0.05) is 34.8 Å². The van der Waals surface area contributed by atoms with Crippen molar-refractivity contribution in [1.29, 1.82) is 0 Å². The van der Waals surface area contributed by atoms with E-state index in [1.54, 1.807) is 23.5 Å². The van der Waals surface area contributed by atoms with Gasteiger partial charge < -0.3 is 19.5 Å². The summed E-state index contributed by atoms with van der Waals surface area (Å²) < 4.78 is 8.96. The van der Waals surface area contributed by atoms with Crippen molar-refractivity contribution in [2.75, 3.05) is 11.4 Å². The topological polar surface area (TPSA) is 80.8 Å². The number of hydrogen-bond donors (Lipinski definition) is 1. The fourth-order valence-electron chi connectivity index (χ4n) is 4.82. The maximum Gasteiger partial charge on any atom is 0.249 e. The Labute approximate surface area is 215 Å². The van der Waals surface area contributed by atoms with Crippen molar-refractivity contribution in [2.45, 2.75) is 25.4 Å². The van der Waals surface area contributed by atoms with E-state index in [9.17, 15) is 9.59 Å². The summed E-state index contributed by atoms with van der Waals surface area (Å²) in [5, 5.41) is 4.71. The Morgan fingerprint density at radius 2 is 2.03 bits per heavy atom. The summed E-state index contributed by atoms with van der Waals surface area (Å²) >= 11 is 3.56. The molecule has 1 atom stereocenters. The van der Waals surface area contributed by atoms with Crippen molar-refractivity contribution in [3.8, 4) is 11.5 Å². The number of imidazole rings is 1. The molecule has 6 rings (SSSR count). The average Bonchev–Trinajstić information content (AvgIpc) is 3.44. The molecule has 8 nitrogen and oxygen atoms in total. The van der Waals surface area contributed by atoms with Gasteiger partial charge in [-0.3, -0.25) is 9.59 Å². The molecular formula is C27H20BrN5O3. The molecule has 3 heterocycles. The van der Waals surface area contributed by atoms with Gasteiger partial charge in [-0.1, -0.05) is 34.1 Å². The fraction of sp³-hybridized carbons (Fsp3) is 0.185. The lowest BCUT2D eigenvalue weighted by Crippen LogP contribution is -2.42. The first-order chi connectivity index (χ1) is 17.5. The van der Waals surface area contributed by atoms with Gasteiger partial charge in [0.25, 0.3) is 0 Å². The van der Waals surface area contributed by atoms with Crippen LogP contribution in [-0.4, -0.2) is 34.0 Å². The minimum Gasteiger partial charge on any atom is -0.468 e. The predicted molar refractivity (Wildman–Crippen MR) is 138 cm³/mol.